The second-order valence-corrected chi connectivity index (χ2v) is 6.38. The number of amides is 1. The zero-order valence-corrected chi connectivity index (χ0v) is 15.7. The highest BCUT2D eigenvalue weighted by atomic mass is 16.5. The summed E-state index contributed by atoms with van der Waals surface area (Å²) in [5.41, 5.74) is 2.02. The topological polar surface area (TPSA) is 60.2 Å². The molecule has 1 aromatic heterocycles. The summed E-state index contributed by atoms with van der Waals surface area (Å²) in [6.45, 7) is 2.56. The third-order valence-electron chi connectivity index (χ3n) is 4.58. The fraction of sp³-hybridized carbons (Fsp3) is 0.286. The van der Waals surface area contributed by atoms with Crippen molar-refractivity contribution in [3.63, 3.8) is 0 Å². The lowest BCUT2D eigenvalue weighted by atomic mass is 10.1. The molecule has 1 amide bonds. The molecule has 0 spiro atoms. The van der Waals surface area contributed by atoms with Gasteiger partial charge in [0.25, 0.3) is 0 Å². The maximum Gasteiger partial charge on any atom is 0.222 e. The van der Waals surface area contributed by atoms with Gasteiger partial charge in [-0.1, -0.05) is 30.3 Å². The van der Waals surface area contributed by atoms with Crippen LogP contribution in [-0.4, -0.2) is 39.2 Å². The van der Waals surface area contributed by atoms with E-state index < -0.39 is 0 Å². The van der Waals surface area contributed by atoms with E-state index in [1.807, 2.05) is 68.6 Å². The van der Waals surface area contributed by atoms with E-state index in [0.29, 0.717) is 19.4 Å². The van der Waals surface area contributed by atoms with Gasteiger partial charge in [-0.3, -0.25) is 4.79 Å². The summed E-state index contributed by atoms with van der Waals surface area (Å²) < 4.78 is 7.35. The Hall–Kier alpha value is -3.15. The van der Waals surface area contributed by atoms with Crippen molar-refractivity contribution in [3.8, 4) is 11.4 Å². The summed E-state index contributed by atoms with van der Waals surface area (Å²) in [6.07, 6.45) is 4.32. The highest BCUT2D eigenvalue weighted by molar-refractivity contribution is 5.76. The molecule has 1 atom stereocenters. The number of hydrogen-bond donors (Lipinski definition) is 0. The van der Waals surface area contributed by atoms with Gasteiger partial charge >= 0.3 is 0 Å². The minimum Gasteiger partial charge on any atom is -0.494 e. The van der Waals surface area contributed by atoms with Crippen LogP contribution in [0.4, 0.5) is 0 Å². The number of para-hydroxylation sites is 1. The van der Waals surface area contributed by atoms with E-state index in [-0.39, 0.29) is 11.9 Å². The summed E-state index contributed by atoms with van der Waals surface area (Å²) in [6, 6.07) is 17.6. The average Bonchev–Trinajstić information content (AvgIpc) is 3.26. The van der Waals surface area contributed by atoms with Gasteiger partial charge in [-0.2, -0.15) is 5.10 Å². The van der Waals surface area contributed by atoms with Gasteiger partial charge in [0.05, 0.1) is 18.3 Å². The Morgan fingerprint density at radius 3 is 2.56 bits per heavy atom. The van der Waals surface area contributed by atoms with E-state index in [9.17, 15) is 4.79 Å². The number of rotatable bonds is 8. The molecule has 2 aromatic carbocycles. The van der Waals surface area contributed by atoms with Gasteiger partial charge in [0.1, 0.15) is 18.4 Å². The smallest absolute Gasteiger partial charge is 0.222 e. The predicted molar refractivity (Wildman–Crippen MR) is 104 cm³/mol. The molecule has 0 fully saturated rings. The normalized spacial score (nSPS) is 11.8. The molecule has 0 aliphatic heterocycles. The van der Waals surface area contributed by atoms with Crippen molar-refractivity contribution >= 4 is 5.91 Å². The fourth-order valence-electron chi connectivity index (χ4n) is 2.79. The first kappa shape index (κ1) is 18.6. The van der Waals surface area contributed by atoms with Crippen molar-refractivity contribution in [3.05, 3.63) is 72.8 Å². The Balaban J connectivity index is 1.48. The van der Waals surface area contributed by atoms with Gasteiger partial charge < -0.3 is 9.64 Å². The molecule has 6 heteroatoms. The molecule has 140 valence electrons. The Morgan fingerprint density at radius 2 is 1.89 bits per heavy atom. The Labute approximate surface area is 159 Å². The fourth-order valence-corrected chi connectivity index (χ4v) is 2.79. The van der Waals surface area contributed by atoms with Crippen LogP contribution in [0, 0.1) is 0 Å². The molecule has 0 aliphatic carbocycles. The summed E-state index contributed by atoms with van der Waals surface area (Å²) in [4.78, 5) is 18.2. The molecule has 0 N–H and O–H groups in total. The number of ether oxygens (including phenoxy) is 1. The van der Waals surface area contributed by atoms with Crippen molar-refractivity contribution in [2.75, 3.05) is 13.7 Å². The molecular formula is C21H24N4O2. The predicted octanol–water partition coefficient (Wildman–Crippen LogP) is 3.65. The van der Waals surface area contributed by atoms with Crippen LogP contribution in [0.2, 0.25) is 0 Å². The quantitative estimate of drug-likeness (QED) is 0.573. The van der Waals surface area contributed by atoms with Gasteiger partial charge in [-0.25, -0.2) is 9.67 Å². The zero-order valence-electron chi connectivity index (χ0n) is 15.7. The lowest BCUT2D eigenvalue weighted by molar-refractivity contribution is -0.132. The number of carbonyl (C=O) groups excluding carboxylic acids is 1. The van der Waals surface area contributed by atoms with Gasteiger partial charge in [-0.05, 0) is 43.2 Å². The van der Waals surface area contributed by atoms with Gasteiger partial charge in [0, 0.05) is 13.5 Å². The lowest BCUT2D eigenvalue weighted by Gasteiger charge is -2.25. The lowest BCUT2D eigenvalue weighted by Crippen LogP contribution is -2.29. The third kappa shape index (κ3) is 4.94. The SMILES string of the molecule is CC(c1ccc(-n2cncn2)cc1)N(C)C(=O)CCCOc1ccccc1. The van der Waals surface area contributed by atoms with E-state index in [4.69, 9.17) is 4.74 Å². The molecule has 1 heterocycles. The van der Waals surface area contributed by atoms with Crippen molar-refractivity contribution in [1.82, 2.24) is 19.7 Å². The Morgan fingerprint density at radius 1 is 1.15 bits per heavy atom. The number of hydrogen-bond acceptors (Lipinski definition) is 4. The molecule has 0 aliphatic rings. The summed E-state index contributed by atoms with van der Waals surface area (Å²) in [5, 5.41) is 4.12. The molecular weight excluding hydrogens is 340 g/mol. The van der Waals surface area contributed by atoms with E-state index in [1.165, 1.54) is 6.33 Å². The largest absolute Gasteiger partial charge is 0.494 e. The summed E-state index contributed by atoms with van der Waals surface area (Å²) >= 11 is 0. The first-order valence-electron chi connectivity index (χ1n) is 9.03. The minimum atomic E-state index is -0.00246. The second-order valence-electron chi connectivity index (χ2n) is 6.38. The standard InChI is InChI=1S/C21H24N4O2/c1-17(18-10-12-19(13-11-18)25-16-22-15-23-25)24(2)21(26)9-6-14-27-20-7-4-3-5-8-20/h3-5,7-8,10-13,15-17H,6,9,14H2,1-2H3. The van der Waals surface area contributed by atoms with Crippen LogP contribution in [-0.2, 0) is 4.79 Å². The van der Waals surface area contributed by atoms with Crippen molar-refractivity contribution in [2.24, 2.45) is 0 Å². The summed E-state index contributed by atoms with van der Waals surface area (Å²) in [5.74, 6) is 0.943. The minimum absolute atomic E-state index is 0.00246. The molecule has 0 radical (unpaired) electrons. The van der Waals surface area contributed by atoms with Crippen molar-refractivity contribution < 1.29 is 9.53 Å². The monoisotopic (exact) mass is 364 g/mol. The van der Waals surface area contributed by atoms with Crippen LogP contribution in [0.5, 0.6) is 5.75 Å². The van der Waals surface area contributed by atoms with Crippen LogP contribution < -0.4 is 4.74 Å². The van der Waals surface area contributed by atoms with Crippen LogP contribution in [0.3, 0.4) is 0 Å². The molecule has 0 bridgehead atoms. The number of benzene rings is 2. The van der Waals surface area contributed by atoms with Crippen molar-refractivity contribution in [1.29, 1.82) is 0 Å². The molecule has 3 aromatic rings. The number of nitrogens with zero attached hydrogens (tertiary/aromatic N) is 4. The molecule has 0 saturated heterocycles. The first-order valence-corrected chi connectivity index (χ1v) is 9.03. The first-order chi connectivity index (χ1) is 13.1. The Bertz CT molecular complexity index is 832. The van der Waals surface area contributed by atoms with Crippen LogP contribution >= 0.6 is 0 Å². The number of carbonyl (C=O) groups is 1. The highest BCUT2D eigenvalue weighted by Gasteiger charge is 2.17. The van der Waals surface area contributed by atoms with Gasteiger partial charge in [0.15, 0.2) is 0 Å². The zero-order chi connectivity index (χ0) is 19.1. The van der Waals surface area contributed by atoms with E-state index in [2.05, 4.69) is 10.1 Å². The second kappa shape index (κ2) is 8.98. The van der Waals surface area contributed by atoms with Gasteiger partial charge in [0.2, 0.25) is 5.91 Å². The van der Waals surface area contributed by atoms with Crippen molar-refractivity contribution in [2.45, 2.75) is 25.8 Å². The Kier molecular flexibility index (Phi) is 6.20. The van der Waals surface area contributed by atoms with Crippen LogP contribution in [0.15, 0.2) is 67.3 Å². The molecule has 3 rings (SSSR count). The molecule has 0 saturated carbocycles. The van der Waals surface area contributed by atoms with Crippen LogP contribution in [0.25, 0.3) is 5.69 Å². The molecule has 27 heavy (non-hydrogen) atoms. The summed E-state index contributed by atoms with van der Waals surface area (Å²) in [7, 11) is 1.84. The van der Waals surface area contributed by atoms with E-state index in [1.54, 1.807) is 15.9 Å². The number of aromatic nitrogens is 3. The third-order valence-corrected chi connectivity index (χ3v) is 4.58. The maximum atomic E-state index is 12.5. The molecule has 6 nitrogen and oxygen atoms in total. The maximum absolute atomic E-state index is 12.5. The van der Waals surface area contributed by atoms with Gasteiger partial charge in [-0.15, -0.1) is 0 Å². The molecule has 1 unspecified atom stereocenters. The average molecular weight is 364 g/mol. The van der Waals surface area contributed by atoms with E-state index >= 15 is 0 Å². The highest BCUT2D eigenvalue weighted by Crippen LogP contribution is 2.21. The van der Waals surface area contributed by atoms with Crippen LogP contribution in [0.1, 0.15) is 31.4 Å². The van der Waals surface area contributed by atoms with E-state index in [0.717, 1.165) is 17.0 Å².